The van der Waals surface area contributed by atoms with Gasteiger partial charge in [0.05, 0.1) is 11.1 Å². The summed E-state index contributed by atoms with van der Waals surface area (Å²) in [6.45, 7) is -0.542. The Hall–Kier alpha value is -3.68. The zero-order valence-electron chi connectivity index (χ0n) is 12.8. The minimum atomic E-state index is -1.06. The molecule has 1 aliphatic rings. The summed E-state index contributed by atoms with van der Waals surface area (Å²) in [6, 6.07) is 14.8. The molecular weight excluding hydrogens is 328 g/mol. The van der Waals surface area contributed by atoms with E-state index in [-0.39, 0.29) is 16.2 Å². The molecule has 0 spiro atoms. The topological polar surface area (TPSA) is 93.2 Å². The average molecular weight is 340 g/mol. The Morgan fingerprint density at radius 3 is 1.76 bits per heavy atom. The molecule has 1 fully saturated rings. The van der Waals surface area contributed by atoms with Gasteiger partial charge in [0, 0.05) is 0 Å². The lowest BCUT2D eigenvalue weighted by molar-refractivity contribution is -0.148. The van der Waals surface area contributed by atoms with Crippen molar-refractivity contribution in [2.45, 2.75) is 0 Å². The van der Waals surface area contributed by atoms with Crippen LogP contribution >= 0.6 is 0 Å². The number of imide groups is 1. The number of benzene rings is 2. The summed E-state index contributed by atoms with van der Waals surface area (Å²) in [6.07, 6.45) is 0. The van der Waals surface area contributed by atoms with E-state index >= 15 is 0 Å². The third kappa shape index (κ3) is 3.47. The van der Waals surface area contributed by atoms with Gasteiger partial charge in [-0.25, -0.2) is 14.4 Å². The first kappa shape index (κ1) is 16.2. The molecule has 1 saturated heterocycles. The lowest BCUT2D eigenvalue weighted by atomic mass is 10.2. The van der Waals surface area contributed by atoms with Crippen LogP contribution in [-0.4, -0.2) is 40.5 Å². The molecule has 0 unspecified atom stereocenters. The highest BCUT2D eigenvalue weighted by Gasteiger charge is 2.42. The third-order valence-corrected chi connectivity index (χ3v) is 3.28. The third-order valence-electron chi connectivity index (χ3n) is 3.28. The first-order valence-electron chi connectivity index (χ1n) is 7.25. The van der Waals surface area contributed by atoms with Crippen molar-refractivity contribution in [2.24, 2.45) is 0 Å². The smallest absolute Gasteiger partial charge is 0.331 e. The molecule has 0 saturated carbocycles. The van der Waals surface area contributed by atoms with E-state index in [4.69, 9.17) is 9.68 Å². The number of amides is 3. The van der Waals surface area contributed by atoms with E-state index in [9.17, 15) is 19.2 Å². The van der Waals surface area contributed by atoms with Crippen LogP contribution in [0.1, 0.15) is 20.7 Å². The number of urea groups is 1. The molecule has 3 rings (SSSR count). The molecule has 0 N–H and O–H groups in total. The van der Waals surface area contributed by atoms with Crippen molar-refractivity contribution in [3.05, 3.63) is 71.8 Å². The normalized spacial score (nSPS) is 13.8. The van der Waals surface area contributed by atoms with Gasteiger partial charge in [0.25, 0.3) is 5.91 Å². The lowest BCUT2D eigenvalue weighted by Crippen LogP contribution is -2.36. The van der Waals surface area contributed by atoms with Gasteiger partial charge in [-0.15, -0.1) is 5.06 Å². The second kappa shape index (κ2) is 6.83. The molecule has 0 aliphatic carbocycles. The minimum Gasteiger partial charge on any atom is -0.331 e. The van der Waals surface area contributed by atoms with Gasteiger partial charge in [0.15, 0.2) is 0 Å². The van der Waals surface area contributed by atoms with Crippen LogP contribution < -0.4 is 0 Å². The summed E-state index contributed by atoms with van der Waals surface area (Å²) in [4.78, 5) is 57.6. The fourth-order valence-electron chi connectivity index (χ4n) is 2.06. The Bertz CT molecular complexity index is 822. The van der Waals surface area contributed by atoms with Gasteiger partial charge in [0.1, 0.15) is 6.54 Å². The van der Waals surface area contributed by atoms with Crippen LogP contribution in [0.3, 0.4) is 0 Å². The van der Waals surface area contributed by atoms with Crippen LogP contribution in [0.5, 0.6) is 0 Å². The Balaban J connectivity index is 1.66. The Morgan fingerprint density at radius 2 is 1.24 bits per heavy atom. The maximum Gasteiger partial charge on any atom is 0.394 e. The summed E-state index contributed by atoms with van der Waals surface area (Å²) >= 11 is 0. The largest absolute Gasteiger partial charge is 0.394 e. The molecule has 3 amide bonds. The van der Waals surface area contributed by atoms with Gasteiger partial charge < -0.3 is 9.68 Å². The SMILES string of the molecule is O=C(ON1CC(=O)N(OC(=O)c2ccccc2)C1=O)c1ccccc1. The van der Waals surface area contributed by atoms with E-state index < -0.39 is 30.4 Å². The van der Waals surface area contributed by atoms with Gasteiger partial charge in [-0.05, 0) is 24.3 Å². The van der Waals surface area contributed by atoms with Crippen molar-refractivity contribution in [3.63, 3.8) is 0 Å². The van der Waals surface area contributed by atoms with E-state index in [1.807, 2.05) is 0 Å². The molecule has 2 aromatic rings. The summed E-state index contributed by atoms with van der Waals surface area (Å²) in [5.41, 5.74) is 0.380. The van der Waals surface area contributed by atoms with Crippen molar-refractivity contribution in [1.82, 2.24) is 10.1 Å². The first-order valence-corrected chi connectivity index (χ1v) is 7.25. The van der Waals surface area contributed by atoms with Gasteiger partial charge in [0.2, 0.25) is 0 Å². The van der Waals surface area contributed by atoms with Crippen molar-refractivity contribution in [3.8, 4) is 0 Å². The quantitative estimate of drug-likeness (QED) is 0.788. The Labute approximate surface area is 142 Å². The predicted molar refractivity (Wildman–Crippen MR) is 82.7 cm³/mol. The molecule has 126 valence electrons. The molecule has 25 heavy (non-hydrogen) atoms. The number of hydrogen-bond acceptors (Lipinski definition) is 6. The maximum absolute atomic E-state index is 12.1. The van der Waals surface area contributed by atoms with Crippen molar-refractivity contribution >= 4 is 23.9 Å². The van der Waals surface area contributed by atoms with Crippen LogP contribution in [0.4, 0.5) is 4.79 Å². The monoisotopic (exact) mass is 340 g/mol. The van der Waals surface area contributed by atoms with Gasteiger partial charge >= 0.3 is 18.0 Å². The molecular formula is C17H12N2O6. The highest BCUT2D eigenvalue weighted by molar-refractivity contribution is 6.03. The average Bonchev–Trinajstić information content (AvgIpc) is 2.90. The van der Waals surface area contributed by atoms with Gasteiger partial charge in [-0.2, -0.15) is 0 Å². The van der Waals surface area contributed by atoms with Crippen LogP contribution in [0.2, 0.25) is 0 Å². The number of rotatable bonds is 4. The second-order valence-electron chi connectivity index (χ2n) is 5.00. The summed E-state index contributed by atoms with van der Waals surface area (Å²) in [5.74, 6) is -2.51. The standard InChI is InChI=1S/C17H12N2O6/c20-14-11-18(24-15(21)12-7-3-1-4-8-12)17(23)19(14)25-16(22)13-9-5-2-6-10-13/h1-10H,11H2. The van der Waals surface area contributed by atoms with E-state index in [1.165, 1.54) is 24.3 Å². The molecule has 2 aromatic carbocycles. The number of carbonyl (C=O) groups excluding carboxylic acids is 4. The predicted octanol–water partition coefficient (Wildman–Crippen LogP) is 1.79. The van der Waals surface area contributed by atoms with Crippen molar-refractivity contribution in [2.75, 3.05) is 6.54 Å². The van der Waals surface area contributed by atoms with Crippen molar-refractivity contribution in [1.29, 1.82) is 0 Å². The van der Waals surface area contributed by atoms with Gasteiger partial charge in [-0.1, -0.05) is 41.5 Å². The van der Waals surface area contributed by atoms with Crippen LogP contribution in [0, 0.1) is 0 Å². The summed E-state index contributed by atoms with van der Waals surface area (Å²) in [7, 11) is 0. The lowest BCUT2D eigenvalue weighted by Gasteiger charge is -2.15. The Morgan fingerprint density at radius 1 is 0.760 bits per heavy atom. The molecule has 8 nitrogen and oxygen atoms in total. The van der Waals surface area contributed by atoms with Crippen LogP contribution in [0.25, 0.3) is 0 Å². The molecule has 0 bridgehead atoms. The zero-order valence-corrected chi connectivity index (χ0v) is 12.8. The number of carbonyl (C=O) groups is 4. The van der Waals surface area contributed by atoms with E-state index in [0.29, 0.717) is 5.06 Å². The molecule has 0 atom stereocenters. The summed E-state index contributed by atoms with van der Waals surface area (Å²) < 4.78 is 0. The minimum absolute atomic E-state index is 0.169. The van der Waals surface area contributed by atoms with Crippen molar-refractivity contribution < 1.29 is 28.9 Å². The van der Waals surface area contributed by atoms with Crippen LogP contribution in [-0.2, 0) is 14.5 Å². The highest BCUT2D eigenvalue weighted by atomic mass is 16.8. The zero-order chi connectivity index (χ0) is 17.8. The van der Waals surface area contributed by atoms with E-state index in [2.05, 4.69) is 0 Å². The summed E-state index contributed by atoms with van der Waals surface area (Å²) in [5, 5.41) is 0.809. The first-order chi connectivity index (χ1) is 12.1. The molecule has 0 aromatic heterocycles. The van der Waals surface area contributed by atoms with Gasteiger partial charge in [-0.3, -0.25) is 4.79 Å². The number of nitrogens with zero attached hydrogens (tertiary/aromatic N) is 2. The highest BCUT2D eigenvalue weighted by Crippen LogP contribution is 2.15. The molecule has 1 heterocycles. The fraction of sp³-hybridized carbons (Fsp3) is 0.0588. The maximum atomic E-state index is 12.1. The fourth-order valence-corrected chi connectivity index (χ4v) is 2.06. The Kier molecular flexibility index (Phi) is 4.42. The van der Waals surface area contributed by atoms with E-state index in [1.54, 1.807) is 36.4 Å². The molecule has 0 radical (unpaired) electrons. The van der Waals surface area contributed by atoms with Crippen LogP contribution in [0.15, 0.2) is 60.7 Å². The second-order valence-corrected chi connectivity index (χ2v) is 5.00. The van der Waals surface area contributed by atoms with E-state index in [0.717, 1.165) is 0 Å². The number of hydrogen-bond donors (Lipinski definition) is 0. The molecule has 1 aliphatic heterocycles. The number of hydroxylamine groups is 4. The molecule has 8 heteroatoms.